The van der Waals surface area contributed by atoms with Crippen molar-refractivity contribution in [3.63, 3.8) is 0 Å². The molecule has 0 saturated carbocycles. The normalized spacial score (nSPS) is 10.6. The molecule has 0 aliphatic carbocycles. The fourth-order valence-electron chi connectivity index (χ4n) is 1.56. The standard InChI is InChI=1S/C11H13ClN4/c12-10-7-14-4-2-9(10)8-16-6-5-15-11(16)1-3-13/h2,4-7H,1,3,8,13H2. The van der Waals surface area contributed by atoms with Gasteiger partial charge in [-0.3, -0.25) is 4.98 Å². The highest BCUT2D eigenvalue weighted by Gasteiger charge is 2.05. The minimum absolute atomic E-state index is 0.598. The van der Waals surface area contributed by atoms with Gasteiger partial charge in [-0.25, -0.2) is 4.98 Å². The second-order valence-corrected chi connectivity index (χ2v) is 3.88. The smallest absolute Gasteiger partial charge is 0.110 e. The summed E-state index contributed by atoms with van der Waals surface area (Å²) in [6, 6.07) is 1.91. The van der Waals surface area contributed by atoms with E-state index in [0.717, 1.165) is 17.8 Å². The van der Waals surface area contributed by atoms with Crippen LogP contribution in [0.2, 0.25) is 5.02 Å². The number of halogens is 1. The lowest BCUT2D eigenvalue weighted by molar-refractivity contribution is 0.716. The molecule has 2 aromatic rings. The van der Waals surface area contributed by atoms with Crippen LogP contribution in [0.15, 0.2) is 30.9 Å². The van der Waals surface area contributed by atoms with Crippen molar-refractivity contribution in [2.24, 2.45) is 5.73 Å². The van der Waals surface area contributed by atoms with Crippen molar-refractivity contribution < 1.29 is 0 Å². The van der Waals surface area contributed by atoms with Crippen LogP contribution in [0.1, 0.15) is 11.4 Å². The molecule has 0 radical (unpaired) electrons. The van der Waals surface area contributed by atoms with Gasteiger partial charge in [0, 0.05) is 31.2 Å². The molecule has 2 heterocycles. The van der Waals surface area contributed by atoms with Crippen LogP contribution in [-0.2, 0) is 13.0 Å². The van der Waals surface area contributed by atoms with Gasteiger partial charge in [0.15, 0.2) is 0 Å². The van der Waals surface area contributed by atoms with Gasteiger partial charge in [0.2, 0.25) is 0 Å². The Hall–Kier alpha value is -1.39. The van der Waals surface area contributed by atoms with Gasteiger partial charge < -0.3 is 10.3 Å². The van der Waals surface area contributed by atoms with Crippen molar-refractivity contribution in [2.45, 2.75) is 13.0 Å². The zero-order chi connectivity index (χ0) is 11.4. The number of rotatable bonds is 4. The van der Waals surface area contributed by atoms with Crippen molar-refractivity contribution in [3.05, 3.63) is 47.3 Å². The van der Waals surface area contributed by atoms with Crippen LogP contribution in [0, 0.1) is 0 Å². The topological polar surface area (TPSA) is 56.7 Å². The Labute approximate surface area is 99.1 Å². The number of nitrogens with zero attached hydrogens (tertiary/aromatic N) is 3. The van der Waals surface area contributed by atoms with Gasteiger partial charge in [0.1, 0.15) is 5.82 Å². The van der Waals surface area contributed by atoms with Crippen LogP contribution in [-0.4, -0.2) is 21.1 Å². The fourth-order valence-corrected chi connectivity index (χ4v) is 1.74. The van der Waals surface area contributed by atoms with Crippen molar-refractivity contribution in [1.29, 1.82) is 0 Å². The van der Waals surface area contributed by atoms with Crippen LogP contribution in [0.25, 0.3) is 0 Å². The van der Waals surface area contributed by atoms with Crippen molar-refractivity contribution in [1.82, 2.24) is 14.5 Å². The number of imidazole rings is 1. The molecule has 0 aromatic carbocycles. The molecule has 0 bridgehead atoms. The highest BCUT2D eigenvalue weighted by molar-refractivity contribution is 6.31. The third-order valence-electron chi connectivity index (χ3n) is 2.37. The van der Waals surface area contributed by atoms with Gasteiger partial charge in [-0.1, -0.05) is 11.6 Å². The Kier molecular flexibility index (Phi) is 3.54. The van der Waals surface area contributed by atoms with E-state index in [1.165, 1.54) is 0 Å². The maximum Gasteiger partial charge on any atom is 0.110 e. The summed E-state index contributed by atoms with van der Waals surface area (Å²) in [5.41, 5.74) is 6.56. The Morgan fingerprint density at radius 1 is 1.38 bits per heavy atom. The first-order valence-corrected chi connectivity index (χ1v) is 5.47. The minimum atomic E-state index is 0.598. The highest BCUT2D eigenvalue weighted by Crippen LogP contribution is 2.15. The van der Waals surface area contributed by atoms with Gasteiger partial charge >= 0.3 is 0 Å². The van der Waals surface area contributed by atoms with Crippen LogP contribution >= 0.6 is 11.6 Å². The minimum Gasteiger partial charge on any atom is -0.330 e. The average Bonchev–Trinajstić information content (AvgIpc) is 2.70. The van der Waals surface area contributed by atoms with Crippen molar-refractivity contribution in [3.8, 4) is 0 Å². The van der Waals surface area contributed by atoms with Crippen molar-refractivity contribution >= 4 is 11.6 Å². The second kappa shape index (κ2) is 5.09. The summed E-state index contributed by atoms with van der Waals surface area (Å²) in [7, 11) is 0. The molecule has 0 atom stereocenters. The zero-order valence-corrected chi connectivity index (χ0v) is 9.56. The average molecular weight is 237 g/mol. The Morgan fingerprint density at radius 3 is 3.00 bits per heavy atom. The molecule has 0 saturated heterocycles. The molecule has 2 rings (SSSR count). The third-order valence-corrected chi connectivity index (χ3v) is 2.71. The van der Waals surface area contributed by atoms with E-state index in [1.807, 2.05) is 16.8 Å². The fraction of sp³-hybridized carbons (Fsp3) is 0.273. The number of nitrogens with two attached hydrogens (primary N) is 1. The quantitative estimate of drug-likeness (QED) is 0.875. The largest absolute Gasteiger partial charge is 0.330 e. The summed E-state index contributed by atoms with van der Waals surface area (Å²) in [4.78, 5) is 8.21. The van der Waals surface area contributed by atoms with Gasteiger partial charge in [0.05, 0.1) is 11.6 Å². The summed E-state index contributed by atoms with van der Waals surface area (Å²) in [5, 5.41) is 0.676. The van der Waals surface area contributed by atoms with E-state index in [2.05, 4.69) is 9.97 Å². The first-order valence-electron chi connectivity index (χ1n) is 5.09. The van der Waals surface area contributed by atoms with Gasteiger partial charge in [-0.15, -0.1) is 0 Å². The zero-order valence-electron chi connectivity index (χ0n) is 8.81. The van der Waals surface area contributed by atoms with Crippen LogP contribution in [0.3, 0.4) is 0 Å². The molecule has 4 nitrogen and oxygen atoms in total. The number of hydrogen-bond acceptors (Lipinski definition) is 3. The molecule has 0 unspecified atom stereocenters. The maximum absolute atomic E-state index is 6.05. The Bertz CT molecular complexity index is 467. The molecular weight excluding hydrogens is 224 g/mol. The van der Waals surface area contributed by atoms with Gasteiger partial charge in [-0.05, 0) is 18.2 Å². The lowest BCUT2D eigenvalue weighted by Gasteiger charge is -2.08. The Morgan fingerprint density at radius 2 is 2.25 bits per heavy atom. The van der Waals surface area contributed by atoms with Crippen LogP contribution in [0.5, 0.6) is 0 Å². The lowest BCUT2D eigenvalue weighted by atomic mass is 10.2. The molecule has 5 heteroatoms. The molecule has 0 aliphatic rings. The van der Waals surface area contributed by atoms with E-state index in [4.69, 9.17) is 17.3 Å². The summed E-state index contributed by atoms with van der Waals surface area (Å²) in [6.07, 6.45) is 7.87. The maximum atomic E-state index is 6.05. The molecule has 84 valence electrons. The van der Waals surface area contributed by atoms with E-state index in [0.29, 0.717) is 18.1 Å². The van der Waals surface area contributed by atoms with Gasteiger partial charge in [0.25, 0.3) is 0 Å². The van der Waals surface area contributed by atoms with E-state index in [1.54, 1.807) is 18.6 Å². The van der Waals surface area contributed by atoms with Crippen LogP contribution < -0.4 is 5.73 Å². The Balaban J connectivity index is 2.20. The third kappa shape index (κ3) is 2.40. The summed E-state index contributed by atoms with van der Waals surface area (Å²) in [5.74, 6) is 0.982. The molecular formula is C11H13ClN4. The molecule has 2 aromatic heterocycles. The second-order valence-electron chi connectivity index (χ2n) is 3.48. The van der Waals surface area contributed by atoms with E-state index < -0.39 is 0 Å². The first-order chi connectivity index (χ1) is 7.81. The van der Waals surface area contributed by atoms with E-state index in [9.17, 15) is 0 Å². The lowest BCUT2D eigenvalue weighted by Crippen LogP contribution is -2.10. The summed E-state index contributed by atoms with van der Waals surface area (Å²) >= 11 is 6.05. The highest BCUT2D eigenvalue weighted by atomic mass is 35.5. The number of pyridine rings is 1. The van der Waals surface area contributed by atoms with Crippen molar-refractivity contribution in [2.75, 3.05) is 6.54 Å². The molecule has 0 amide bonds. The van der Waals surface area contributed by atoms with Gasteiger partial charge in [-0.2, -0.15) is 0 Å². The molecule has 2 N–H and O–H groups in total. The molecule has 0 aliphatic heterocycles. The van der Waals surface area contributed by atoms with Crippen LogP contribution in [0.4, 0.5) is 0 Å². The van der Waals surface area contributed by atoms with E-state index in [-0.39, 0.29) is 0 Å². The predicted molar refractivity (Wildman–Crippen MR) is 63.3 cm³/mol. The number of hydrogen-bond donors (Lipinski definition) is 1. The molecule has 16 heavy (non-hydrogen) atoms. The van der Waals surface area contributed by atoms with E-state index >= 15 is 0 Å². The summed E-state index contributed by atoms with van der Waals surface area (Å²) < 4.78 is 2.05. The number of aromatic nitrogens is 3. The predicted octanol–water partition coefficient (Wildman–Crippen LogP) is 1.48. The molecule has 0 fully saturated rings. The monoisotopic (exact) mass is 236 g/mol. The SMILES string of the molecule is NCCc1nccn1Cc1ccncc1Cl. The molecule has 0 spiro atoms. The summed E-state index contributed by atoms with van der Waals surface area (Å²) in [6.45, 7) is 1.30. The first kappa shape index (κ1) is 11.1.